The Bertz CT molecular complexity index is 118. The van der Waals surface area contributed by atoms with Crippen LogP contribution in [-0.4, -0.2) is 17.8 Å². The van der Waals surface area contributed by atoms with Gasteiger partial charge < -0.3 is 5.11 Å². The maximum absolute atomic E-state index is 10.6. The number of carbonyl (C=O) groups is 1. The van der Waals surface area contributed by atoms with E-state index in [9.17, 15) is 9.18 Å². The lowest BCUT2D eigenvalue weighted by molar-refractivity contribution is -0.132. The zero-order valence-corrected chi connectivity index (χ0v) is 5.93. The fourth-order valence-corrected chi connectivity index (χ4v) is 0. The van der Waals surface area contributed by atoms with Crippen LogP contribution in [0.4, 0.5) is 4.39 Å². The summed E-state index contributed by atoms with van der Waals surface area (Å²) in [6.45, 7) is 7.29. The first-order chi connectivity index (χ1) is 4.56. The number of hydrogen-bond donors (Lipinski definition) is 1. The summed E-state index contributed by atoms with van der Waals surface area (Å²) in [5, 5.41) is 7.89. The number of carboxylic acid groups (broad SMARTS) is 1. The Balaban J connectivity index is 0. The molecular formula is C7H11FO2. The molecular weight excluding hydrogens is 135 g/mol. The highest BCUT2D eigenvalue weighted by Crippen LogP contribution is 1.81. The first-order valence-corrected chi connectivity index (χ1v) is 2.62. The van der Waals surface area contributed by atoms with Crippen LogP contribution in [0.25, 0.3) is 0 Å². The van der Waals surface area contributed by atoms with Crippen molar-refractivity contribution < 1.29 is 14.3 Å². The van der Waals surface area contributed by atoms with Gasteiger partial charge in [-0.15, -0.1) is 6.58 Å². The summed E-state index contributed by atoms with van der Waals surface area (Å²) < 4.78 is 10.6. The molecule has 1 N–H and O–H groups in total. The summed E-state index contributed by atoms with van der Waals surface area (Å²) in [7, 11) is 0. The molecule has 10 heavy (non-hydrogen) atoms. The molecule has 2 nitrogen and oxygen atoms in total. The Morgan fingerprint density at radius 1 is 1.80 bits per heavy atom. The Labute approximate surface area is 59.7 Å². The third kappa shape index (κ3) is 15.8. The Kier molecular flexibility index (Phi) is 9.18. The van der Waals surface area contributed by atoms with Crippen molar-refractivity contribution in [2.75, 3.05) is 6.67 Å². The van der Waals surface area contributed by atoms with E-state index in [1.54, 1.807) is 0 Å². The van der Waals surface area contributed by atoms with Crippen molar-refractivity contribution in [3.05, 3.63) is 24.8 Å². The first kappa shape index (κ1) is 11.6. The fourth-order valence-electron chi connectivity index (χ4n) is 0. The summed E-state index contributed by atoms with van der Waals surface area (Å²) in [5.41, 5.74) is 0.176. The molecule has 0 aliphatic heterocycles. The molecule has 0 unspecified atom stereocenters. The maximum atomic E-state index is 10.6. The Hall–Kier alpha value is -1.12. The molecule has 0 aliphatic rings. The summed E-state index contributed by atoms with van der Waals surface area (Å²) >= 11 is 0. The maximum Gasteiger partial charge on any atom is 0.330 e. The first-order valence-electron chi connectivity index (χ1n) is 2.62. The van der Waals surface area contributed by atoms with Crippen LogP contribution < -0.4 is 0 Å². The third-order valence-electron chi connectivity index (χ3n) is 0.474. The molecule has 0 spiro atoms. The average molecular weight is 146 g/mol. The van der Waals surface area contributed by atoms with E-state index in [0.717, 1.165) is 0 Å². The number of allylic oxidation sites excluding steroid dienone is 1. The van der Waals surface area contributed by atoms with Gasteiger partial charge in [-0.1, -0.05) is 12.7 Å². The minimum Gasteiger partial charge on any atom is -0.478 e. The molecule has 0 aromatic rings. The van der Waals surface area contributed by atoms with E-state index < -0.39 is 12.6 Å². The second-order valence-corrected chi connectivity index (χ2v) is 1.53. The molecule has 58 valence electrons. The van der Waals surface area contributed by atoms with Crippen molar-refractivity contribution >= 4 is 5.97 Å². The summed E-state index contributed by atoms with van der Waals surface area (Å²) in [4.78, 5) is 9.60. The van der Waals surface area contributed by atoms with Gasteiger partial charge in [0.05, 0.1) is 0 Å². The monoisotopic (exact) mass is 146 g/mol. The number of halogens is 1. The second kappa shape index (κ2) is 7.88. The van der Waals surface area contributed by atoms with Crippen molar-refractivity contribution in [2.45, 2.75) is 6.92 Å². The lowest BCUT2D eigenvalue weighted by Crippen LogP contribution is -1.92. The zero-order chi connectivity index (χ0) is 8.57. The standard InChI is InChI=1S/C4H6O2.C3H5F/c1-3(2)4(5)6;1-2-3-4/h1H2,2H3,(H,5,6);2H,1,3H2. The van der Waals surface area contributed by atoms with Crippen LogP contribution in [-0.2, 0) is 4.79 Å². The molecule has 0 saturated heterocycles. The molecule has 0 fully saturated rings. The molecule has 0 saturated carbocycles. The number of hydrogen-bond acceptors (Lipinski definition) is 1. The van der Waals surface area contributed by atoms with Gasteiger partial charge in [-0.3, -0.25) is 0 Å². The molecule has 0 aromatic heterocycles. The zero-order valence-electron chi connectivity index (χ0n) is 5.93. The highest BCUT2D eigenvalue weighted by molar-refractivity contribution is 5.84. The van der Waals surface area contributed by atoms with E-state index in [1.807, 2.05) is 0 Å². The SMILES string of the molecule is C=C(C)C(=O)O.C=CCF. The van der Waals surface area contributed by atoms with E-state index in [1.165, 1.54) is 13.0 Å². The predicted octanol–water partition coefficient (Wildman–Crippen LogP) is 1.79. The van der Waals surface area contributed by atoms with E-state index in [0.29, 0.717) is 0 Å². The van der Waals surface area contributed by atoms with Crippen LogP contribution >= 0.6 is 0 Å². The van der Waals surface area contributed by atoms with Gasteiger partial charge in [-0.2, -0.15) is 0 Å². The average Bonchev–Trinajstić information content (AvgIpc) is 1.89. The Morgan fingerprint density at radius 3 is 2.00 bits per heavy atom. The van der Waals surface area contributed by atoms with E-state index in [4.69, 9.17) is 5.11 Å². The summed E-state index contributed by atoms with van der Waals surface area (Å²) in [6, 6.07) is 0. The molecule has 3 heteroatoms. The molecule has 0 aliphatic carbocycles. The van der Waals surface area contributed by atoms with Crippen LogP contribution in [0.3, 0.4) is 0 Å². The van der Waals surface area contributed by atoms with Crippen LogP contribution in [0.15, 0.2) is 24.8 Å². The van der Waals surface area contributed by atoms with Crippen LogP contribution in [0.2, 0.25) is 0 Å². The highest BCUT2D eigenvalue weighted by atomic mass is 19.1. The fraction of sp³-hybridized carbons (Fsp3) is 0.286. The molecule has 0 atom stereocenters. The number of aliphatic carboxylic acids is 1. The quantitative estimate of drug-likeness (QED) is 0.476. The van der Waals surface area contributed by atoms with Crippen LogP contribution in [0, 0.1) is 0 Å². The van der Waals surface area contributed by atoms with Gasteiger partial charge in [0.1, 0.15) is 6.67 Å². The molecule has 0 aromatic carbocycles. The third-order valence-corrected chi connectivity index (χ3v) is 0.474. The number of alkyl halides is 1. The van der Waals surface area contributed by atoms with Crippen molar-refractivity contribution in [3.8, 4) is 0 Å². The van der Waals surface area contributed by atoms with Gasteiger partial charge in [-0.25, -0.2) is 9.18 Å². The molecule has 0 radical (unpaired) electrons. The predicted molar refractivity (Wildman–Crippen MR) is 38.6 cm³/mol. The highest BCUT2D eigenvalue weighted by Gasteiger charge is 1.90. The van der Waals surface area contributed by atoms with Gasteiger partial charge in [0.15, 0.2) is 0 Å². The van der Waals surface area contributed by atoms with Crippen molar-refractivity contribution in [1.82, 2.24) is 0 Å². The minimum atomic E-state index is -0.935. The van der Waals surface area contributed by atoms with Crippen LogP contribution in [0.5, 0.6) is 0 Å². The lowest BCUT2D eigenvalue weighted by Gasteiger charge is -1.79. The molecule has 0 amide bonds. The molecule has 0 bridgehead atoms. The smallest absolute Gasteiger partial charge is 0.330 e. The normalized spacial score (nSPS) is 7.00. The van der Waals surface area contributed by atoms with E-state index >= 15 is 0 Å². The molecule has 0 heterocycles. The summed E-state index contributed by atoms with van der Waals surface area (Å²) in [6.07, 6.45) is 1.21. The van der Waals surface area contributed by atoms with Gasteiger partial charge >= 0.3 is 5.97 Å². The minimum absolute atomic E-state index is 0.176. The second-order valence-electron chi connectivity index (χ2n) is 1.53. The topological polar surface area (TPSA) is 37.3 Å². The lowest BCUT2D eigenvalue weighted by atomic mass is 10.4. The van der Waals surface area contributed by atoms with Gasteiger partial charge in [0.2, 0.25) is 0 Å². The van der Waals surface area contributed by atoms with Crippen molar-refractivity contribution in [1.29, 1.82) is 0 Å². The Morgan fingerprint density at radius 2 is 2.00 bits per heavy atom. The van der Waals surface area contributed by atoms with Crippen molar-refractivity contribution in [3.63, 3.8) is 0 Å². The number of carboxylic acids is 1. The van der Waals surface area contributed by atoms with Gasteiger partial charge in [-0.05, 0) is 6.92 Å². The van der Waals surface area contributed by atoms with Gasteiger partial charge in [0.25, 0.3) is 0 Å². The number of rotatable bonds is 2. The van der Waals surface area contributed by atoms with Crippen LogP contribution in [0.1, 0.15) is 6.92 Å². The molecule has 0 rings (SSSR count). The van der Waals surface area contributed by atoms with E-state index in [-0.39, 0.29) is 5.57 Å². The van der Waals surface area contributed by atoms with Gasteiger partial charge in [0, 0.05) is 5.57 Å². The van der Waals surface area contributed by atoms with Crippen molar-refractivity contribution in [2.24, 2.45) is 0 Å². The summed E-state index contributed by atoms with van der Waals surface area (Å²) in [5.74, 6) is -0.935. The van der Waals surface area contributed by atoms with E-state index in [2.05, 4.69) is 13.2 Å². The largest absolute Gasteiger partial charge is 0.478 e.